The standard InChI is InChI=1S/C15H21BrFNS2/c1-9-10(2)20-15(8-19-9)14(18-3)6-11-4-5-12(16)7-13(11)17/h4-5,7,9-10,14-15,18H,6,8H2,1-3H3. The van der Waals surface area contributed by atoms with E-state index >= 15 is 0 Å². The van der Waals surface area contributed by atoms with Gasteiger partial charge in [-0.1, -0.05) is 35.8 Å². The van der Waals surface area contributed by atoms with E-state index in [-0.39, 0.29) is 5.82 Å². The summed E-state index contributed by atoms with van der Waals surface area (Å²) in [5, 5.41) is 5.29. The fourth-order valence-corrected chi connectivity index (χ4v) is 5.86. The molecule has 20 heavy (non-hydrogen) atoms. The lowest BCUT2D eigenvalue weighted by Gasteiger charge is -2.36. The van der Waals surface area contributed by atoms with E-state index in [4.69, 9.17) is 0 Å². The van der Waals surface area contributed by atoms with Crippen LogP contribution in [0.2, 0.25) is 0 Å². The van der Waals surface area contributed by atoms with Crippen molar-refractivity contribution in [2.24, 2.45) is 0 Å². The zero-order chi connectivity index (χ0) is 14.7. The zero-order valence-electron chi connectivity index (χ0n) is 12.0. The molecular weight excluding hydrogens is 357 g/mol. The molecule has 1 aliphatic rings. The molecule has 4 atom stereocenters. The van der Waals surface area contributed by atoms with Crippen LogP contribution < -0.4 is 5.32 Å². The molecular formula is C15H21BrFNS2. The average molecular weight is 378 g/mol. The molecule has 0 aliphatic carbocycles. The van der Waals surface area contributed by atoms with Gasteiger partial charge in [-0.15, -0.1) is 0 Å². The van der Waals surface area contributed by atoms with Crippen molar-refractivity contribution in [3.63, 3.8) is 0 Å². The second-order valence-corrected chi connectivity index (χ2v) is 9.20. The van der Waals surface area contributed by atoms with Crippen LogP contribution in [-0.4, -0.2) is 34.6 Å². The quantitative estimate of drug-likeness (QED) is 0.837. The van der Waals surface area contributed by atoms with Crippen molar-refractivity contribution in [1.82, 2.24) is 5.32 Å². The minimum atomic E-state index is -0.116. The summed E-state index contributed by atoms with van der Waals surface area (Å²) in [5.41, 5.74) is 0.796. The number of benzene rings is 1. The van der Waals surface area contributed by atoms with E-state index in [2.05, 4.69) is 35.1 Å². The van der Waals surface area contributed by atoms with E-state index < -0.39 is 0 Å². The Hall–Kier alpha value is 0.290. The van der Waals surface area contributed by atoms with Gasteiger partial charge in [-0.25, -0.2) is 4.39 Å². The summed E-state index contributed by atoms with van der Waals surface area (Å²) in [4.78, 5) is 0. The molecule has 1 N–H and O–H groups in total. The molecule has 1 saturated heterocycles. The van der Waals surface area contributed by atoms with Gasteiger partial charge >= 0.3 is 0 Å². The molecule has 112 valence electrons. The van der Waals surface area contributed by atoms with Crippen molar-refractivity contribution in [3.8, 4) is 0 Å². The maximum absolute atomic E-state index is 14.0. The van der Waals surface area contributed by atoms with E-state index in [1.165, 1.54) is 0 Å². The monoisotopic (exact) mass is 377 g/mol. The predicted octanol–water partition coefficient (Wildman–Crippen LogP) is 4.34. The van der Waals surface area contributed by atoms with Gasteiger partial charge in [0.2, 0.25) is 0 Å². The first-order chi connectivity index (χ1) is 9.51. The highest BCUT2D eigenvalue weighted by Gasteiger charge is 2.31. The van der Waals surface area contributed by atoms with Crippen LogP contribution in [0.3, 0.4) is 0 Å². The Balaban J connectivity index is 2.05. The van der Waals surface area contributed by atoms with E-state index in [1.807, 2.05) is 42.7 Å². The lowest BCUT2D eigenvalue weighted by atomic mass is 10.0. The topological polar surface area (TPSA) is 12.0 Å². The Morgan fingerprint density at radius 1 is 1.40 bits per heavy atom. The summed E-state index contributed by atoms with van der Waals surface area (Å²) in [6.45, 7) is 4.59. The second-order valence-electron chi connectivity index (χ2n) is 5.25. The summed E-state index contributed by atoms with van der Waals surface area (Å²) >= 11 is 7.38. The molecule has 1 fully saturated rings. The van der Waals surface area contributed by atoms with Crippen molar-refractivity contribution in [2.75, 3.05) is 12.8 Å². The van der Waals surface area contributed by atoms with Crippen molar-refractivity contribution < 1.29 is 4.39 Å². The van der Waals surface area contributed by atoms with E-state index in [9.17, 15) is 4.39 Å². The Morgan fingerprint density at radius 3 is 2.75 bits per heavy atom. The average Bonchev–Trinajstić information content (AvgIpc) is 2.41. The van der Waals surface area contributed by atoms with Gasteiger partial charge in [0.15, 0.2) is 0 Å². The third kappa shape index (κ3) is 4.15. The molecule has 0 spiro atoms. The summed E-state index contributed by atoms with van der Waals surface area (Å²) in [5.74, 6) is 1.02. The number of hydrogen-bond acceptors (Lipinski definition) is 3. The van der Waals surface area contributed by atoms with Crippen LogP contribution in [0.4, 0.5) is 4.39 Å². The molecule has 0 amide bonds. The molecule has 4 unspecified atom stereocenters. The third-order valence-corrected chi connectivity index (χ3v) is 7.89. The molecule has 1 aromatic rings. The zero-order valence-corrected chi connectivity index (χ0v) is 15.2. The molecule has 1 nitrogen and oxygen atoms in total. The summed E-state index contributed by atoms with van der Waals surface area (Å²) in [6.07, 6.45) is 0.745. The van der Waals surface area contributed by atoms with Crippen LogP contribution >= 0.6 is 39.5 Å². The molecule has 0 radical (unpaired) electrons. The minimum absolute atomic E-state index is 0.116. The fourth-order valence-electron chi connectivity index (χ4n) is 2.36. The Morgan fingerprint density at radius 2 is 2.15 bits per heavy atom. The van der Waals surface area contributed by atoms with E-state index in [1.54, 1.807) is 6.07 Å². The van der Waals surface area contributed by atoms with Crippen molar-refractivity contribution in [3.05, 3.63) is 34.1 Å². The lowest BCUT2D eigenvalue weighted by molar-refractivity contribution is 0.530. The van der Waals surface area contributed by atoms with Gasteiger partial charge in [-0.2, -0.15) is 23.5 Å². The van der Waals surface area contributed by atoms with Gasteiger partial charge in [0.05, 0.1) is 0 Å². The minimum Gasteiger partial charge on any atom is -0.316 e. The highest BCUT2D eigenvalue weighted by atomic mass is 79.9. The number of hydrogen-bond donors (Lipinski definition) is 1. The normalized spacial score (nSPS) is 28.4. The van der Waals surface area contributed by atoms with Crippen LogP contribution in [0.1, 0.15) is 19.4 Å². The van der Waals surface area contributed by atoms with Gasteiger partial charge in [0.1, 0.15) is 5.82 Å². The highest BCUT2D eigenvalue weighted by molar-refractivity contribution is 9.10. The summed E-state index contributed by atoms with van der Waals surface area (Å²) in [6, 6.07) is 5.67. The first-order valence-electron chi connectivity index (χ1n) is 6.89. The maximum Gasteiger partial charge on any atom is 0.127 e. The molecule has 1 heterocycles. The Kier molecular flexibility index (Phi) is 6.26. The molecule has 5 heteroatoms. The summed E-state index contributed by atoms with van der Waals surface area (Å²) in [7, 11) is 1.98. The van der Waals surface area contributed by atoms with Crippen LogP contribution in [0.25, 0.3) is 0 Å². The Labute approximate surface area is 138 Å². The number of nitrogens with one attached hydrogen (secondary N) is 1. The Bertz CT molecular complexity index is 457. The predicted molar refractivity (Wildman–Crippen MR) is 93.4 cm³/mol. The second kappa shape index (κ2) is 7.52. The lowest BCUT2D eigenvalue weighted by Crippen LogP contribution is -2.43. The van der Waals surface area contributed by atoms with Crippen molar-refractivity contribution in [1.29, 1.82) is 0 Å². The number of halogens is 2. The number of thioether (sulfide) groups is 2. The van der Waals surface area contributed by atoms with Crippen LogP contribution in [0.5, 0.6) is 0 Å². The fraction of sp³-hybridized carbons (Fsp3) is 0.600. The van der Waals surface area contributed by atoms with Gasteiger partial charge in [-0.3, -0.25) is 0 Å². The van der Waals surface area contributed by atoms with Gasteiger partial charge in [0, 0.05) is 32.0 Å². The van der Waals surface area contributed by atoms with Crippen molar-refractivity contribution >= 4 is 39.5 Å². The largest absolute Gasteiger partial charge is 0.316 e. The van der Waals surface area contributed by atoms with Crippen LogP contribution in [0, 0.1) is 5.82 Å². The number of rotatable bonds is 4. The molecule has 0 aromatic heterocycles. The highest BCUT2D eigenvalue weighted by Crippen LogP contribution is 2.37. The van der Waals surface area contributed by atoms with Gasteiger partial charge in [-0.05, 0) is 31.2 Å². The number of likely N-dealkylation sites (N-methyl/N-ethyl adjacent to an activating group) is 1. The molecule has 0 saturated carbocycles. The van der Waals surface area contributed by atoms with Gasteiger partial charge in [0.25, 0.3) is 0 Å². The maximum atomic E-state index is 14.0. The van der Waals surface area contributed by atoms with E-state index in [0.717, 1.165) is 22.2 Å². The molecule has 1 aromatic carbocycles. The van der Waals surface area contributed by atoms with E-state index in [0.29, 0.717) is 21.8 Å². The third-order valence-electron chi connectivity index (χ3n) is 3.85. The SMILES string of the molecule is CNC(Cc1ccc(Br)cc1F)C1CSC(C)C(C)S1. The van der Waals surface area contributed by atoms with Gasteiger partial charge < -0.3 is 5.32 Å². The smallest absolute Gasteiger partial charge is 0.127 e. The molecule has 1 aliphatic heterocycles. The van der Waals surface area contributed by atoms with Crippen LogP contribution in [-0.2, 0) is 6.42 Å². The molecule has 2 rings (SSSR count). The first-order valence-corrected chi connectivity index (χ1v) is 9.68. The molecule has 0 bridgehead atoms. The summed E-state index contributed by atoms with van der Waals surface area (Å²) < 4.78 is 14.8. The van der Waals surface area contributed by atoms with Crippen molar-refractivity contribution in [2.45, 2.75) is 42.1 Å². The van der Waals surface area contributed by atoms with Crippen LogP contribution in [0.15, 0.2) is 22.7 Å². The first kappa shape index (κ1) is 16.7.